The Balaban J connectivity index is 1.76. The summed E-state index contributed by atoms with van der Waals surface area (Å²) in [6.07, 6.45) is 0.536. The number of hydrogen-bond acceptors (Lipinski definition) is 6. The van der Waals surface area contributed by atoms with Crippen LogP contribution >= 0.6 is 0 Å². The van der Waals surface area contributed by atoms with Crippen molar-refractivity contribution in [3.05, 3.63) is 53.3 Å². The summed E-state index contributed by atoms with van der Waals surface area (Å²) in [6.45, 7) is 6.22. The highest BCUT2D eigenvalue weighted by atomic mass is 32.2. The van der Waals surface area contributed by atoms with Gasteiger partial charge in [-0.25, -0.2) is 18.2 Å². The fraction of sp³-hybridized carbons (Fsp3) is 0.375. The van der Waals surface area contributed by atoms with Crippen LogP contribution in [0, 0.1) is 6.92 Å². The summed E-state index contributed by atoms with van der Waals surface area (Å²) < 4.78 is 33.7. The van der Waals surface area contributed by atoms with E-state index in [0.717, 1.165) is 11.1 Å². The van der Waals surface area contributed by atoms with Gasteiger partial charge in [0.1, 0.15) is 5.82 Å². The van der Waals surface area contributed by atoms with Gasteiger partial charge in [-0.15, -0.1) is 0 Å². The first kappa shape index (κ1) is 25.4. The number of aryl methyl sites for hydroxylation is 3. The number of rotatable bonds is 9. The van der Waals surface area contributed by atoms with Crippen LogP contribution in [0.2, 0.25) is 0 Å². The van der Waals surface area contributed by atoms with Gasteiger partial charge >= 0.3 is 5.97 Å². The van der Waals surface area contributed by atoms with Crippen molar-refractivity contribution in [2.45, 2.75) is 38.5 Å². The van der Waals surface area contributed by atoms with Gasteiger partial charge in [0.2, 0.25) is 15.9 Å². The molecule has 1 aromatic heterocycles. The molecule has 0 aliphatic carbocycles. The second-order valence-electron chi connectivity index (χ2n) is 7.90. The molecule has 0 spiro atoms. The topological polar surface area (TPSA) is 111 Å². The first-order chi connectivity index (χ1) is 16.1. The number of anilines is 1. The minimum atomic E-state index is -3.59. The zero-order valence-corrected chi connectivity index (χ0v) is 20.9. The number of esters is 1. The maximum absolute atomic E-state index is 12.8. The van der Waals surface area contributed by atoms with E-state index in [0.29, 0.717) is 42.1 Å². The third kappa shape index (κ3) is 5.13. The molecule has 34 heavy (non-hydrogen) atoms. The predicted octanol–water partition coefficient (Wildman–Crippen LogP) is 3.27. The van der Waals surface area contributed by atoms with E-state index in [-0.39, 0.29) is 17.2 Å². The number of nitrogens with zero attached hydrogens (tertiary/aromatic N) is 3. The molecule has 10 heteroatoms. The van der Waals surface area contributed by atoms with E-state index < -0.39 is 16.0 Å². The number of benzene rings is 2. The Morgan fingerprint density at radius 2 is 1.82 bits per heavy atom. The molecule has 0 radical (unpaired) electrons. The molecule has 182 valence electrons. The molecule has 2 aromatic carbocycles. The minimum Gasteiger partial charge on any atom is -0.465 e. The number of amides is 1. The van der Waals surface area contributed by atoms with Crippen LogP contribution in [0.15, 0.2) is 41.3 Å². The summed E-state index contributed by atoms with van der Waals surface area (Å²) >= 11 is 0. The van der Waals surface area contributed by atoms with Crippen molar-refractivity contribution in [2.24, 2.45) is 7.05 Å². The molecule has 1 N–H and O–H groups in total. The van der Waals surface area contributed by atoms with E-state index >= 15 is 0 Å². The average molecular weight is 487 g/mol. The number of carbonyl (C=O) groups is 2. The van der Waals surface area contributed by atoms with Gasteiger partial charge in [-0.1, -0.05) is 19.9 Å². The van der Waals surface area contributed by atoms with E-state index in [1.807, 2.05) is 18.5 Å². The Kier molecular flexibility index (Phi) is 7.73. The molecule has 0 saturated carbocycles. The van der Waals surface area contributed by atoms with Crippen molar-refractivity contribution in [2.75, 3.05) is 25.5 Å². The van der Waals surface area contributed by atoms with E-state index in [1.54, 1.807) is 50.2 Å². The molecule has 1 heterocycles. The van der Waals surface area contributed by atoms with E-state index in [4.69, 9.17) is 4.74 Å². The SMILES string of the molecule is CCN(CC)S(=O)(=O)c1ccc2c(c1)nc(CCC(=O)Nc1cc(C(=O)OC)ccc1C)n2C. The van der Waals surface area contributed by atoms with Crippen molar-refractivity contribution in [1.82, 2.24) is 13.9 Å². The largest absolute Gasteiger partial charge is 0.465 e. The Hall–Kier alpha value is -3.24. The highest BCUT2D eigenvalue weighted by molar-refractivity contribution is 7.89. The highest BCUT2D eigenvalue weighted by Gasteiger charge is 2.23. The normalized spacial score (nSPS) is 11.7. The first-order valence-corrected chi connectivity index (χ1v) is 12.5. The molecule has 9 nitrogen and oxygen atoms in total. The molecule has 1 amide bonds. The van der Waals surface area contributed by atoms with Gasteiger partial charge in [0.05, 0.1) is 28.6 Å². The lowest BCUT2D eigenvalue weighted by molar-refractivity contribution is -0.116. The molecule has 0 fully saturated rings. The van der Waals surface area contributed by atoms with Gasteiger partial charge in [-0.3, -0.25) is 4.79 Å². The Morgan fingerprint density at radius 3 is 2.47 bits per heavy atom. The van der Waals surface area contributed by atoms with Crippen LogP contribution in [0.4, 0.5) is 5.69 Å². The van der Waals surface area contributed by atoms with Crippen LogP contribution in [0.25, 0.3) is 11.0 Å². The quantitative estimate of drug-likeness (QED) is 0.465. The molecular formula is C24H30N4O5S. The predicted molar refractivity (Wildman–Crippen MR) is 130 cm³/mol. The fourth-order valence-corrected chi connectivity index (χ4v) is 5.24. The molecule has 0 saturated heterocycles. The molecular weight excluding hydrogens is 456 g/mol. The number of fused-ring (bicyclic) bond motifs is 1. The summed E-state index contributed by atoms with van der Waals surface area (Å²) in [6, 6.07) is 9.89. The third-order valence-electron chi connectivity index (χ3n) is 5.80. The number of sulfonamides is 1. The van der Waals surface area contributed by atoms with Crippen LogP contribution in [-0.4, -0.2) is 54.3 Å². The second kappa shape index (κ2) is 10.4. The Labute approximate surface area is 199 Å². The van der Waals surface area contributed by atoms with Crippen molar-refractivity contribution >= 4 is 38.6 Å². The number of aromatic nitrogens is 2. The highest BCUT2D eigenvalue weighted by Crippen LogP contribution is 2.23. The molecule has 0 aliphatic heterocycles. The van der Waals surface area contributed by atoms with Crippen molar-refractivity contribution in [3.63, 3.8) is 0 Å². The Bertz CT molecular complexity index is 1330. The number of hydrogen-bond donors (Lipinski definition) is 1. The van der Waals surface area contributed by atoms with Crippen LogP contribution < -0.4 is 5.32 Å². The maximum Gasteiger partial charge on any atom is 0.337 e. The summed E-state index contributed by atoms with van der Waals surface area (Å²) in [4.78, 5) is 29.1. The van der Waals surface area contributed by atoms with Gasteiger partial charge in [0.15, 0.2) is 0 Å². The van der Waals surface area contributed by atoms with E-state index in [9.17, 15) is 18.0 Å². The van der Waals surface area contributed by atoms with Gasteiger partial charge in [-0.2, -0.15) is 4.31 Å². The minimum absolute atomic E-state index is 0.170. The summed E-state index contributed by atoms with van der Waals surface area (Å²) in [5, 5.41) is 2.84. The lowest BCUT2D eigenvalue weighted by atomic mass is 10.1. The molecule has 3 aromatic rings. The van der Waals surface area contributed by atoms with Crippen LogP contribution in [-0.2, 0) is 33.0 Å². The number of ether oxygens (including phenoxy) is 1. The third-order valence-corrected chi connectivity index (χ3v) is 7.84. The monoisotopic (exact) mass is 486 g/mol. The fourth-order valence-electron chi connectivity index (χ4n) is 3.77. The number of carbonyl (C=O) groups excluding carboxylic acids is 2. The van der Waals surface area contributed by atoms with Crippen LogP contribution in [0.1, 0.15) is 42.0 Å². The molecule has 0 bridgehead atoms. The summed E-state index contributed by atoms with van der Waals surface area (Å²) in [5.74, 6) is -0.0258. The van der Waals surface area contributed by atoms with Crippen LogP contribution in [0.5, 0.6) is 0 Å². The van der Waals surface area contributed by atoms with E-state index in [1.165, 1.54) is 11.4 Å². The lowest BCUT2D eigenvalue weighted by Gasteiger charge is -2.18. The smallest absolute Gasteiger partial charge is 0.337 e. The number of imidazole rings is 1. The molecule has 0 aliphatic rings. The zero-order chi connectivity index (χ0) is 25.0. The molecule has 3 rings (SSSR count). The number of nitrogens with one attached hydrogen (secondary N) is 1. The standard InChI is InChI=1S/C24H30N4O5S/c1-6-28(7-2)34(31,32)18-10-11-21-20(15-18)25-22(27(21)4)12-13-23(29)26-19-14-17(24(30)33-5)9-8-16(19)3/h8-11,14-15H,6-7,12-13H2,1-5H3,(H,26,29). The lowest BCUT2D eigenvalue weighted by Crippen LogP contribution is -2.30. The molecule has 0 unspecified atom stereocenters. The van der Waals surface area contributed by atoms with Gasteiger partial charge < -0.3 is 14.6 Å². The average Bonchev–Trinajstić information content (AvgIpc) is 3.14. The van der Waals surface area contributed by atoms with Crippen molar-refractivity contribution in [1.29, 1.82) is 0 Å². The summed E-state index contributed by atoms with van der Waals surface area (Å²) in [7, 11) is -0.442. The number of methoxy groups -OCH3 is 1. The van der Waals surface area contributed by atoms with Gasteiger partial charge in [-0.05, 0) is 42.8 Å². The van der Waals surface area contributed by atoms with Gasteiger partial charge in [0.25, 0.3) is 0 Å². The van der Waals surface area contributed by atoms with Gasteiger partial charge in [0, 0.05) is 38.7 Å². The molecule has 0 atom stereocenters. The summed E-state index contributed by atoms with van der Waals surface area (Å²) in [5.41, 5.74) is 3.08. The first-order valence-electron chi connectivity index (χ1n) is 11.1. The van der Waals surface area contributed by atoms with Crippen molar-refractivity contribution in [3.8, 4) is 0 Å². The second-order valence-corrected chi connectivity index (χ2v) is 9.83. The van der Waals surface area contributed by atoms with E-state index in [2.05, 4.69) is 10.3 Å². The maximum atomic E-state index is 12.8. The van der Waals surface area contributed by atoms with Crippen molar-refractivity contribution < 1.29 is 22.7 Å². The van der Waals surface area contributed by atoms with Crippen LogP contribution in [0.3, 0.4) is 0 Å². The Morgan fingerprint density at radius 1 is 1.12 bits per heavy atom. The zero-order valence-electron chi connectivity index (χ0n) is 20.1.